The summed E-state index contributed by atoms with van der Waals surface area (Å²) in [6, 6.07) is 6.12. The van der Waals surface area contributed by atoms with Crippen LogP contribution in [0.5, 0.6) is 0 Å². The Morgan fingerprint density at radius 1 is 1.45 bits per heavy atom. The molecule has 2 nitrogen and oxygen atoms in total. The van der Waals surface area contributed by atoms with Crippen LogP contribution in [-0.4, -0.2) is 6.08 Å². The third-order valence-electron chi connectivity index (χ3n) is 0.824. The minimum Gasteiger partial charge on any atom is -0.222 e. The van der Waals surface area contributed by atoms with Gasteiger partial charge in [-0.25, -0.2) is 14.6 Å². The lowest BCUT2D eigenvalue weighted by atomic mass is 10.4. The third-order valence-corrected chi connectivity index (χ3v) is 1.13. The molecule has 0 aliphatic rings. The number of hydrogen-bond donors (Lipinski definition) is 1. The van der Waals surface area contributed by atoms with Crippen molar-refractivity contribution in [2.24, 2.45) is 0 Å². The zero-order valence-electron chi connectivity index (χ0n) is 5.47. The van der Waals surface area contributed by atoms with Gasteiger partial charge in [0.25, 0.3) is 0 Å². The molecule has 0 aromatic heterocycles. The van der Waals surface area contributed by atoms with Crippen molar-refractivity contribution in [1.82, 2.24) is 0 Å². The number of rotatable bonds is 0. The quantitative estimate of drug-likeness (QED) is 0.475. The summed E-state index contributed by atoms with van der Waals surface area (Å²) in [6.07, 6.45) is 0.750. The monoisotopic (exact) mass is 173 g/mol. The van der Waals surface area contributed by atoms with Crippen LogP contribution in [-0.2, 0) is 4.79 Å². The van der Waals surface area contributed by atoms with Crippen molar-refractivity contribution in [3.05, 3.63) is 35.1 Å². The van der Waals surface area contributed by atoms with E-state index in [2.05, 4.69) is 0 Å². The van der Waals surface area contributed by atoms with Gasteiger partial charge in [0.1, 0.15) is 5.82 Å². The van der Waals surface area contributed by atoms with Crippen LogP contribution in [0.3, 0.4) is 0 Å². The van der Waals surface area contributed by atoms with Gasteiger partial charge in [-0.3, -0.25) is 0 Å². The largest absolute Gasteiger partial charge is 0.231 e. The highest BCUT2D eigenvalue weighted by Crippen LogP contribution is 2.11. The molecule has 58 valence electrons. The van der Waals surface area contributed by atoms with Gasteiger partial charge in [-0.05, 0) is 12.1 Å². The molecule has 0 saturated heterocycles. The first-order chi connectivity index (χ1) is 5.22. The van der Waals surface area contributed by atoms with Gasteiger partial charge in [-0.2, -0.15) is 0 Å². The Hall–Kier alpha value is -1.18. The Bertz CT molecular complexity index is 237. The van der Waals surface area contributed by atoms with Gasteiger partial charge in [-0.1, -0.05) is 23.7 Å². The molecular formula is C7H5ClFNO. The van der Waals surface area contributed by atoms with E-state index in [1.165, 1.54) is 12.1 Å². The molecule has 0 radical (unpaired) electrons. The standard InChI is InChI=1S/C6H4ClF.CHNO/c7-5-3-1-2-4-6(5)8;2-1-3/h1-4H;2H. The van der Waals surface area contributed by atoms with Crippen molar-refractivity contribution in [2.45, 2.75) is 0 Å². The maximum atomic E-state index is 12.2. The van der Waals surface area contributed by atoms with Crippen LogP contribution < -0.4 is 0 Å². The molecule has 0 spiro atoms. The molecule has 0 saturated carbocycles. The van der Waals surface area contributed by atoms with Crippen LogP contribution in [0.2, 0.25) is 5.02 Å². The van der Waals surface area contributed by atoms with Crippen LogP contribution in [0.15, 0.2) is 24.3 Å². The van der Waals surface area contributed by atoms with Gasteiger partial charge in [0.05, 0.1) is 5.02 Å². The Kier molecular flexibility index (Phi) is 4.99. The first kappa shape index (κ1) is 9.82. The Morgan fingerprint density at radius 2 is 1.91 bits per heavy atom. The molecule has 0 atom stereocenters. The molecule has 1 rings (SSSR count). The van der Waals surface area contributed by atoms with Gasteiger partial charge in [-0.15, -0.1) is 0 Å². The second-order valence-corrected chi connectivity index (χ2v) is 1.92. The molecule has 1 aromatic carbocycles. The highest BCUT2D eigenvalue weighted by Gasteiger charge is 1.91. The molecular weight excluding hydrogens is 169 g/mol. The van der Waals surface area contributed by atoms with Crippen LogP contribution in [0, 0.1) is 11.2 Å². The number of carbonyl (C=O) groups excluding carboxylic acids is 1. The average molecular weight is 174 g/mol. The van der Waals surface area contributed by atoms with Crippen molar-refractivity contribution in [3.8, 4) is 0 Å². The molecule has 0 aliphatic carbocycles. The molecule has 0 unspecified atom stereocenters. The van der Waals surface area contributed by atoms with Crippen molar-refractivity contribution in [1.29, 1.82) is 5.41 Å². The molecule has 0 heterocycles. The smallest absolute Gasteiger partial charge is 0.222 e. The van der Waals surface area contributed by atoms with E-state index in [4.69, 9.17) is 21.8 Å². The number of isocyanates is 1. The van der Waals surface area contributed by atoms with E-state index in [9.17, 15) is 4.39 Å². The zero-order chi connectivity index (χ0) is 8.69. The van der Waals surface area contributed by atoms with Crippen molar-refractivity contribution < 1.29 is 9.18 Å². The maximum absolute atomic E-state index is 12.2. The second kappa shape index (κ2) is 5.59. The van der Waals surface area contributed by atoms with Crippen molar-refractivity contribution in [3.63, 3.8) is 0 Å². The van der Waals surface area contributed by atoms with Gasteiger partial charge < -0.3 is 0 Å². The first-order valence-corrected chi connectivity index (χ1v) is 3.04. The maximum Gasteiger partial charge on any atom is 0.231 e. The topological polar surface area (TPSA) is 40.9 Å². The van der Waals surface area contributed by atoms with Crippen LogP contribution in [0.25, 0.3) is 0 Å². The summed E-state index contributed by atoms with van der Waals surface area (Å²) in [5.41, 5.74) is 0. The van der Waals surface area contributed by atoms with Crippen molar-refractivity contribution >= 4 is 17.7 Å². The van der Waals surface area contributed by atoms with E-state index in [-0.39, 0.29) is 10.8 Å². The molecule has 0 amide bonds. The summed E-state index contributed by atoms with van der Waals surface area (Å²) in [7, 11) is 0. The minimum absolute atomic E-state index is 0.174. The molecule has 0 bridgehead atoms. The lowest BCUT2D eigenvalue weighted by Crippen LogP contribution is -1.70. The number of halogens is 2. The Morgan fingerprint density at radius 3 is 2.18 bits per heavy atom. The molecule has 1 N–H and O–H groups in total. The number of benzene rings is 1. The highest BCUT2D eigenvalue weighted by atomic mass is 35.5. The van der Waals surface area contributed by atoms with Crippen LogP contribution in [0.4, 0.5) is 4.39 Å². The van der Waals surface area contributed by atoms with E-state index >= 15 is 0 Å². The Labute approximate surface area is 68.1 Å². The second-order valence-electron chi connectivity index (χ2n) is 1.52. The number of hydrogen-bond acceptors (Lipinski definition) is 2. The highest BCUT2D eigenvalue weighted by molar-refractivity contribution is 6.30. The lowest BCUT2D eigenvalue weighted by Gasteiger charge is -1.86. The summed E-state index contributed by atoms with van der Waals surface area (Å²) >= 11 is 5.33. The van der Waals surface area contributed by atoms with E-state index < -0.39 is 0 Å². The van der Waals surface area contributed by atoms with E-state index in [1.807, 2.05) is 0 Å². The SMILES string of the molecule is Fc1ccccc1Cl.N=C=O. The zero-order valence-corrected chi connectivity index (χ0v) is 6.23. The fourth-order valence-corrected chi connectivity index (χ4v) is 0.575. The van der Waals surface area contributed by atoms with Gasteiger partial charge in [0, 0.05) is 0 Å². The average Bonchev–Trinajstić information content (AvgIpc) is 1.97. The van der Waals surface area contributed by atoms with Crippen molar-refractivity contribution in [2.75, 3.05) is 0 Å². The third kappa shape index (κ3) is 4.25. The molecule has 0 fully saturated rings. The molecule has 0 aliphatic heterocycles. The van der Waals surface area contributed by atoms with Gasteiger partial charge in [0.2, 0.25) is 6.08 Å². The van der Waals surface area contributed by atoms with E-state index in [0.717, 1.165) is 6.08 Å². The normalized spacial score (nSPS) is 7.45. The predicted octanol–water partition coefficient (Wildman–Crippen LogP) is 2.38. The summed E-state index contributed by atoms with van der Waals surface area (Å²) in [4.78, 5) is 8.35. The molecule has 4 heteroatoms. The fourth-order valence-electron chi connectivity index (χ4n) is 0.439. The minimum atomic E-state index is -0.367. The van der Waals surface area contributed by atoms with E-state index in [0.29, 0.717) is 0 Å². The number of nitrogens with one attached hydrogen (secondary N) is 1. The molecule has 11 heavy (non-hydrogen) atoms. The lowest BCUT2D eigenvalue weighted by molar-refractivity contribution is 0.563. The fraction of sp³-hybridized carbons (Fsp3) is 0. The van der Waals surface area contributed by atoms with Gasteiger partial charge in [0.15, 0.2) is 0 Å². The first-order valence-electron chi connectivity index (χ1n) is 2.66. The van der Waals surface area contributed by atoms with Crippen LogP contribution in [0.1, 0.15) is 0 Å². The molecule has 1 aromatic rings. The predicted molar refractivity (Wildman–Crippen MR) is 39.8 cm³/mol. The summed E-state index contributed by atoms with van der Waals surface area (Å²) in [6.45, 7) is 0. The summed E-state index contributed by atoms with van der Waals surface area (Å²) in [5, 5.41) is 5.58. The van der Waals surface area contributed by atoms with E-state index in [1.54, 1.807) is 12.1 Å². The summed E-state index contributed by atoms with van der Waals surface area (Å²) in [5.74, 6) is -0.367. The van der Waals surface area contributed by atoms with Crippen LogP contribution >= 0.6 is 11.6 Å². The summed E-state index contributed by atoms with van der Waals surface area (Å²) < 4.78 is 12.2. The van der Waals surface area contributed by atoms with Gasteiger partial charge >= 0.3 is 0 Å². The Balaban J connectivity index is 0.000000292.